The Morgan fingerprint density at radius 2 is 1.62 bits per heavy atom. The first kappa shape index (κ1) is 16.6. The van der Waals surface area contributed by atoms with Crippen molar-refractivity contribution in [1.29, 1.82) is 0 Å². The molecule has 0 saturated heterocycles. The van der Waals surface area contributed by atoms with E-state index in [0.717, 1.165) is 48.4 Å². The molecule has 3 aromatic rings. The number of hydrogen-bond donors (Lipinski definition) is 1. The van der Waals surface area contributed by atoms with E-state index < -0.39 is 5.41 Å². The summed E-state index contributed by atoms with van der Waals surface area (Å²) >= 11 is 0. The Balaban J connectivity index is 1.68. The number of benzene rings is 2. The van der Waals surface area contributed by atoms with Gasteiger partial charge in [-0.2, -0.15) is 5.10 Å². The number of anilines is 1. The monoisotopic (exact) mass is 345 g/mol. The van der Waals surface area contributed by atoms with Crippen molar-refractivity contribution in [2.45, 2.75) is 38.0 Å². The number of aryl methyl sites for hydroxylation is 1. The molecule has 0 bridgehead atoms. The maximum absolute atomic E-state index is 13.4. The van der Waals surface area contributed by atoms with Crippen molar-refractivity contribution in [2.75, 3.05) is 5.32 Å². The molecule has 1 saturated carbocycles. The highest BCUT2D eigenvalue weighted by Gasteiger charge is 2.42. The van der Waals surface area contributed by atoms with E-state index >= 15 is 0 Å². The minimum Gasteiger partial charge on any atom is -0.310 e. The van der Waals surface area contributed by atoms with Gasteiger partial charge in [-0.25, -0.2) is 4.68 Å². The topological polar surface area (TPSA) is 46.9 Å². The predicted octanol–water partition coefficient (Wildman–Crippen LogP) is 4.63. The fourth-order valence-corrected chi connectivity index (χ4v) is 3.97. The zero-order valence-corrected chi connectivity index (χ0v) is 15.0. The van der Waals surface area contributed by atoms with E-state index in [1.807, 2.05) is 61.5 Å². The lowest BCUT2D eigenvalue weighted by Crippen LogP contribution is -2.38. The molecule has 0 atom stereocenters. The molecule has 26 heavy (non-hydrogen) atoms. The maximum atomic E-state index is 13.4. The summed E-state index contributed by atoms with van der Waals surface area (Å²) in [6.07, 6.45) is 3.95. The van der Waals surface area contributed by atoms with Crippen LogP contribution in [0.4, 0.5) is 5.82 Å². The smallest absolute Gasteiger partial charge is 0.236 e. The van der Waals surface area contributed by atoms with E-state index in [-0.39, 0.29) is 5.91 Å². The summed E-state index contributed by atoms with van der Waals surface area (Å²) in [5, 5.41) is 7.73. The molecule has 2 aromatic carbocycles. The van der Waals surface area contributed by atoms with Gasteiger partial charge >= 0.3 is 0 Å². The van der Waals surface area contributed by atoms with Gasteiger partial charge in [0.2, 0.25) is 5.91 Å². The highest BCUT2D eigenvalue weighted by atomic mass is 16.2. The molecule has 0 unspecified atom stereocenters. The molecule has 132 valence electrons. The van der Waals surface area contributed by atoms with E-state index in [4.69, 9.17) is 0 Å². The van der Waals surface area contributed by atoms with E-state index in [9.17, 15) is 4.79 Å². The maximum Gasteiger partial charge on any atom is 0.236 e. The zero-order chi connectivity index (χ0) is 18.0. The minimum absolute atomic E-state index is 0.0679. The molecule has 0 radical (unpaired) electrons. The summed E-state index contributed by atoms with van der Waals surface area (Å²) in [4.78, 5) is 13.4. The summed E-state index contributed by atoms with van der Waals surface area (Å²) in [6, 6.07) is 22.0. The molecule has 1 aliphatic carbocycles. The van der Waals surface area contributed by atoms with Crippen molar-refractivity contribution < 1.29 is 4.79 Å². The molecular formula is C22H23N3O. The minimum atomic E-state index is -0.443. The van der Waals surface area contributed by atoms with Crippen LogP contribution in [0, 0.1) is 6.92 Å². The zero-order valence-electron chi connectivity index (χ0n) is 15.0. The van der Waals surface area contributed by atoms with Crippen molar-refractivity contribution in [3.63, 3.8) is 0 Å². The van der Waals surface area contributed by atoms with Gasteiger partial charge in [0.15, 0.2) is 0 Å². The van der Waals surface area contributed by atoms with Crippen LogP contribution in [0.5, 0.6) is 0 Å². The molecule has 0 aliphatic heterocycles. The average Bonchev–Trinajstić information content (AvgIpc) is 3.31. The number of para-hydroxylation sites is 1. The molecule has 1 aliphatic rings. The van der Waals surface area contributed by atoms with Crippen LogP contribution in [-0.2, 0) is 10.2 Å². The van der Waals surface area contributed by atoms with Crippen molar-refractivity contribution in [3.8, 4) is 5.69 Å². The molecule has 1 N–H and O–H groups in total. The Kier molecular flexibility index (Phi) is 4.33. The number of carbonyl (C=O) groups excluding carboxylic acids is 1. The Bertz CT molecular complexity index is 894. The van der Waals surface area contributed by atoms with Crippen LogP contribution in [0.3, 0.4) is 0 Å². The van der Waals surface area contributed by atoms with E-state index in [0.29, 0.717) is 0 Å². The number of nitrogens with one attached hydrogen (secondary N) is 1. The van der Waals surface area contributed by atoms with Gasteiger partial charge in [0.1, 0.15) is 5.82 Å². The number of nitrogens with zero attached hydrogens (tertiary/aromatic N) is 2. The number of rotatable bonds is 4. The lowest BCUT2D eigenvalue weighted by molar-refractivity contribution is -0.121. The van der Waals surface area contributed by atoms with Crippen LogP contribution < -0.4 is 5.32 Å². The largest absolute Gasteiger partial charge is 0.310 e. The fourth-order valence-electron chi connectivity index (χ4n) is 3.97. The summed E-state index contributed by atoms with van der Waals surface area (Å²) in [5.74, 6) is 0.791. The SMILES string of the molecule is Cc1cc(NC(=O)C2(c3ccccc3)CCCC2)n(-c2ccccc2)n1. The molecule has 1 fully saturated rings. The summed E-state index contributed by atoms with van der Waals surface area (Å²) < 4.78 is 1.81. The highest BCUT2D eigenvalue weighted by molar-refractivity contribution is 5.99. The van der Waals surface area contributed by atoms with Gasteiger partial charge in [0, 0.05) is 6.07 Å². The Morgan fingerprint density at radius 3 is 2.27 bits per heavy atom. The van der Waals surface area contributed by atoms with Gasteiger partial charge in [-0.15, -0.1) is 0 Å². The van der Waals surface area contributed by atoms with Gasteiger partial charge in [0.25, 0.3) is 0 Å². The lowest BCUT2D eigenvalue weighted by Gasteiger charge is -2.28. The third kappa shape index (κ3) is 2.92. The quantitative estimate of drug-likeness (QED) is 0.749. The second-order valence-corrected chi connectivity index (χ2v) is 7.03. The molecule has 4 nitrogen and oxygen atoms in total. The molecule has 4 heteroatoms. The molecule has 0 spiro atoms. The summed E-state index contributed by atoms with van der Waals surface area (Å²) in [5.41, 5.74) is 2.49. The number of amides is 1. The van der Waals surface area contributed by atoms with Gasteiger partial charge in [0.05, 0.1) is 16.8 Å². The summed E-state index contributed by atoms with van der Waals surface area (Å²) in [7, 11) is 0. The summed E-state index contributed by atoms with van der Waals surface area (Å²) in [6.45, 7) is 1.94. The van der Waals surface area contributed by atoms with Crippen LogP contribution in [0.15, 0.2) is 66.7 Å². The standard InChI is InChI=1S/C22H23N3O/c1-17-16-20(25(24-17)19-12-6-3-7-13-19)23-21(26)22(14-8-9-15-22)18-10-4-2-5-11-18/h2-7,10-13,16H,8-9,14-15H2,1H3,(H,23,26). The fraction of sp³-hybridized carbons (Fsp3) is 0.273. The van der Waals surface area contributed by atoms with Crippen molar-refractivity contribution >= 4 is 11.7 Å². The van der Waals surface area contributed by atoms with E-state index in [1.54, 1.807) is 4.68 Å². The Morgan fingerprint density at radius 1 is 1.00 bits per heavy atom. The average molecular weight is 345 g/mol. The number of hydrogen-bond acceptors (Lipinski definition) is 2. The normalized spacial score (nSPS) is 15.7. The first-order valence-corrected chi connectivity index (χ1v) is 9.18. The molecular weight excluding hydrogens is 322 g/mol. The van der Waals surface area contributed by atoms with Crippen LogP contribution in [0.2, 0.25) is 0 Å². The van der Waals surface area contributed by atoms with E-state index in [1.165, 1.54) is 0 Å². The lowest BCUT2D eigenvalue weighted by atomic mass is 9.78. The van der Waals surface area contributed by atoms with Gasteiger partial charge < -0.3 is 5.32 Å². The number of carbonyl (C=O) groups is 1. The van der Waals surface area contributed by atoms with Crippen LogP contribution >= 0.6 is 0 Å². The molecule has 1 amide bonds. The van der Waals surface area contributed by atoms with Crippen LogP contribution in [0.25, 0.3) is 5.69 Å². The first-order valence-electron chi connectivity index (χ1n) is 9.18. The van der Waals surface area contributed by atoms with Gasteiger partial charge in [-0.3, -0.25) is 4.79 Å². The highest BCUT2D eigenvalue weighted by Crippen LogP contribution is 2.42. The third-order valence-corrected chi connectivity index (χ3v) is 5.29. The molecule has 1 heterocycles. The van der Waals surface area contributed by atoms with Crippen molar-refractivity contribution in [3.05, 3.63) is 78.0 Å². The van der Waals surface area contributed by atoms with E-state index in [2.05, 4.69) is 22.5 Å². The third-order valence-electron chi connectivity index (χ3n) is 5.29. The molecule has 4 rings (SSSR count). The van der Waals surface area contributed by atoms with Gasteiger partial charge in [-0.1, -0.05) is 61.4 Å². The number of aromatic nitrogens is 2. The first-order chi connectivity index (χ1) is 12.7. The second kappa shape index (κ2) is 6.79. The second-order valence-electron chi connectivity index (χ2n) is 7.03. The Labute approximate surface area is 153 Å². The van der Waals surface area contributed by atoms with Crippen molar-refractivity contribution in [1.82, 2.24) is 9.78 Å². The molecule has 1 aromatic heterocycles. The van der Waals surface area contributed by atoms with Crippen LogP contribution in [0.1, 0.15) is 36.9 Å². The van der Waals surface area contributed by atoms with Gasteiger partial charge in [-0.05, 0) is 37.5 Å². The predicted molar refractivity (Wildman–Crippen MR) is 104 cm³/mol. The van der Waals surface area contributed by atoms with Crippen LogP contribution in [-0.4, -0.2) is 15.7 Å². The Hall–Kier alpha value is -2.88. The van der Waals surface area contributed by atoms with Crippen molar-refractivity contribution in [2.24, 2.45) is 0 Å².